The molecule has 1 saturated heterocycles. The molecule has 1 aromatic rings. The van der Waals surface area contributed by atoms with E-state index in [1.165, 1.54) is 12.8 Å². The molecule has 0 bridgehead atoms. The Morgan fingerprint density at radius 2 is 2.42 bits per heavy atom. The van der Waals surface area contributed by atoms with Gasteiger partial charge < -0.3 is 15.5 Å². The Morgan fingerprint density at radius 1 is 1.58 bits per heavy atom. The van der Waals surface area contributed by atoms with Crippen molar-refractivity contribution in [3.05, 3.63) is 22.8 Å². The molecule has 2 N–H and O–H groups in total. The summed E-state index contributed by atoms with van der Waals surface area (Å²) in [6.07, 6.45) is 5.25. The summed E-state index contributed by atoms with van der Waals surface area (Å²) in [5.41, 5.74) is 0. The summed E-state index contributed by atoms with van der Waals surface area (Å²) < 4.78 is 1.03. The minimum atomic E-state index is -0.132. The van der Waals surface area contributed by atoms with Crippen LogP contribution in [0.2, 0.25) is 0 Å². The number of nitrogens with one attached hydrogen (secondary N) is 2. The number of amides is 2. The van der Waals surface area contributed by atoms with E-state index in [-0.39, 0.29) is 6.03 Å². The summed E-state index contributed by atoms with van der Waals surface area (Å²) in [6, 6.07) is 4.13. The van der Waals surface area contributed by atoms with Crippen LogP contribution in [-0.4, -0.2) is 37.2 Å². The second-order valence-electron chi connectivity index (χ2n) is 4.64. The molecule has 5 nitrogen and oxygen atoms in total. The summed E-state index contributed by atoms with van der Waals surface area (Å²) in [4.78, 5) is 18.0. The number of nitrogens with zero attached hydrogens (tertiary/aromatic N) is 2. The van der Waals surface area contributed by atoms with Gasteiger partial charge in [0.15, 0.2) is 0 Å². The summed E-state index contributed by atoms with van der Waals surface area (Å²) >= 11 is 3.48. The maximum atomic E-state index is 11.3. The lowest BCUT2D eigenvalue weighted by Crippen LogP contribution is -2.48. The van der Waals surface area contributed by atoms with Gasteiger partial charge in [-0.05, 0) is 31.4 Å². The Bertz CT molecular complexity index is 440. The van der Waals surface area contributed by atoms with E-state index in [0.29, 0.717) is 12.6 Å². The molecule has 0 aliphatic carbocycles. The van der Waals surface area contributed by atoms with Crippen molar-refractivity contribution in [3.8, 4) is 0 Å². The second-order valence-corrected chi connectivity index (χ2v) is 5.55. The highest BCUT2D eigenvalue weighted by Crippen LogP contribution is 2.24. The average molecular weight is 327 g/mol. The van der Waals surface area contributed by atoms with Gasteiger partial charge in [-0.3, -0.25) is 0 Å². The standard InChI is InChI=1S/C13H19BrN4O/c1-15-13(19)17-9-11-4-2-3-7-18(11)12-8-10(14)5-6-16-12/h5-6,8,11H,2-4,7,9H2,1H3,(H2,15,17,19). The molecule has 0 aromatic carbocycles. The van der Waals surface area contributed by atoms with Crippen molar-refractivity contribution in [1.82, 2.24) is 15.6 Å². The zero-order valence-electron chi connectivity index (χ0n) is 11.0. The molecular weight excluding hydrogens is 308 g/mol. The number of anilines is 1. The molecule has 1 aromatic heterocycles. The Labute approximate surface area is 121 Å². The highest BCUT2D eigenvalue weighted by Gasteiger charge is 2.23. The Morgan fingerprint density at radius 3 is 3.16 bits per heavy atom. The maximum Gasteiger partial charge on any atom is 0.314 e. The lowest BCUT2D eigenvalue weighted by molar-refractivity contribution is 0.241. The Balaban J connectivity index is 2.05. The van der Waals surface area contributed by atoms with Crippen molar-refractivity contribution in [2.75, 3.05) is 25.0 Å². The summed E-state index contributed by atoms with van der Waals surface area (Å²) in [5, 5.41) is 5.46. The van der Waals surface area contributed by atoms with Crippen LogP contribution in [0.1, 0.15) is 19.3 Å². The van der Waals surface area contributed by atoms with Crippen LogP contribution in [0.15, 0.2) is 22.8 Å². The van der Waals surface area contributed by atoms with E-state index in [4.69, 9.17) is 0 Å². The minimum absolute atomic E-state index is 0.132. The quantitative estimate of drug-likeness (QED) is 0.894. The van der Waals surface area contributed by atoms with E-state index >= 15 is 0 Å². The van der Waals surface area contributed by atoms with Crippen LogP contribution < -0.4 is 15.5 Å². The van der Waals surface area contributed by atoms with E-state index in [9.17, 15) is 4.79 Å². The molecule has 2 rings (SSSR count). The topological polar surface area (TPSA) is 57.3 Å². The first-order chi connectivity index (χ1) is 9.20. The van der Waals surface area contributed by atoms with Crippen LogP contribution in [0.5, 0.6) is 0 Å². The number of halogens is 1. The number of rotatable bonds is 3. The number of carbonyl (C=O) groups excluding carboxylic acids is 1. The number of aromatic nitrogens is 1. The average Bonchev–Trinajstić information content (AvgIpc) is 2.45. The lowest BCUT2D eigenvalue weighted by Gasteiger charge is -2.36. The van der Waals surface area contributed by atoms with Crippen molar-refractivity contribution in [2.45, 2.75) is 25.3 Å². The van der Waals surface area contributed by atoms with Crippen molar-refractivity contribution in [3.63, 3.8) is 0 Å². The van der Waals surface area contributed by atoms with E-state index in [0.717, 1.165) is 23.3 Å². The van der Waals surface area contributed by atoms with Gasteiger partial charge in [-0.2, -0.15) is 0 Å². The van der Waals surface area contributed by atoms with Crippen LogP contribution in [0.3, 0.4) is 0 Å². The highest BCUT2D eigenvalue weighted by molar-refractivity contribution is 9.10. The molecule has 1 aliphatic heterocycles. The van der Waals surface area contributed by atoms with Gasteiger partial charge in [-0.25, -0.2) is 9.78 Å². The molecule has 6 heteroatoms. The van der Waals surface area contributed by atoms with Crippen LogP contribution >= 0.6 is 15.9 Å². The first-order valence-electron chi connectivity index (χ1n) is 6.54. The molecule has 0 spiro atoms. The normalized spacial score (nSPS) is 19.1. The monoisotopic (exact) mass is 326 g/mol. The fraction of sp³-hybridized carbons (Fsp3) is 0.538. The molecule has 1 fully saturated rings. The van der Waals surface area contributed by atoms with E-state index < -0.39 is 0 Å². The number of pyridine rings is 1. The second kappa shape index (κ2) is 6.75. The van der Waals surface area contributed by atoms with E-state index in [2.05, 4.69) is 36.4 Å². The third-order valence-electron chi connectivity index (χ3n) is 3.35. The van der Waals surface area contributed by atoms with Crippen LogP contribution in [-0.2, 0) is 0 Å². The van der Waals surface area contributed by atoms with Crippen molar-refractivity contribution >= 4 is 27.8 Å². The van der Waals surface area contributed by atoms with Crippen LogP contribution in [0.25, 0.3) is 0 Å². The summed E-state index contributed by atoms with van der Waals surface area (Å²) in [7, 11) is 1.63. The highest BCUT2D eigenvalue weighted by atomic mass is 79.9. The van der Waals surface area contributed by atoms with Crippen LogP contribution in [0, 0.1) is 0 Å². The first kappa shape index (κ1) is 14.1. The van der Waals surface area contributed by atoms with Gasteiger partial charge in [0.05, 0.1) is 0 Å². The number of piperidine rings is 1. The van der Waals surface area contributed by atoms with E-state index in [1.807, 2.05) is 12.1 Å². The molecule has 1 aliphatic rings. The van der Waals surface area contributed by atoms with Crippen molar-refractivity contribution in [2.24, 2.45) is 0 Å². The SMILES string of the molecule is CNC(=O)NCC1CCCCN1c1cc(Br)ccn1. The third-order valence-corrected chi connectivity index (χ3v) is 3.85. The third kappa shape index (κ3) is 3.83. The molecule has 0 radical (unpaired) electrons. The Hall–Kier alpha value is -1.30. The molecule has 2 amide bonds. The fourth-order valence-corrected chi connectivity index (χ4v) is 2.69. The van der Waals surface area contributed by atoms with Gasteiger partial charge in [-0.15, -0.1) is 0 Å². The van der Waals surface area contributed by atoms with Crippen molar-refractivity contribution in [1.29, 1.82) is 0 Å². The Kier molecular flexibility index (Phi) is 5.01. The van der Waals surface area contributed by atoms with Crippen LogP contribution in [0.4, 0.5) is 10.6 Å². The van der Waals surface area contributed by atoms with Gasteiger partial charge in [-0.1, -0.05) is 15.9 Å². The zero-order valence-corrected chi connectivity index (χ0v) is 12.6. The summed E-state index contributed by atoms with van der Waals surface area (Å²) in [6.45, 7) is 1.64. The predicted octanol–water partition coefficient (Wildman–Crippen LogP) is 2.13. The van der Waals surface area contributed by atoms with Gasteiger partial charge >= 0.3 is 6.03 Å². The largest absolute Gasteiger partial charge is 0.352 e. The number of carbonyl (C=O) groups is 1. The maximum absolute atomic E-state index is 11.3. The molecule has 1 unspecified atom stereocenters. The van der Waals surface area contributed by atoms with Gasteiger partial charge in [0.25, 0.3) is 0 Å². The minimum Gasteiger partial charge on any atom is -0.352 e. The van der Waals surface area contributed by atoms with E-state index in [1.54, 1.807) is 13.2 Å². The van der Waals surface area contributed by atoms with Crippen molar-refractivity contribution < 1.29 is 4.79 Å². The number of hydrogen-bond acceptors (Lipinski definition) is 3. The molecule has 0 saturated carbocycles. The predicted molar refractivity (Wildman–Crippen MR) is 79.4 cm³/mol. The molecule has 1 atom stereocenters. The first-order valence-corrected chi connectivity index (χ1v) is 7.34. The van der Waals surface area contributed by atoms with Gasteiger partial charge in [0, 0.05) is 36.8 Å². The smallest absolute Gasteiger partial charge is 0.314 e. The lowest BCUT2D eigenvalue weighted by atomic mass is 10.0. The van der Waals surface area contributed by atoms with Gasteiger partial charge in [0.2, 0.25) is 0 Å². The fourth-order valence-electron chi connectivity index (χ4n) is 2.36. The number of hydrogen-bond donors (Lipinski definition) is 2. The molecule has 19 heavy (non-hydrogen) atoms. The zero-order chi connectivity index (χ0) is 13.7. The summed E-state index contributed by atoms with van der Waals surface area (Å²) in [5.74, 6) is 0.970. The number of urea groups is 1. The molecule has 104 valence electrons. The molecular formula is C13H19BrN4O. The molecule has 2 heterocycles. The van der Waals surface area contributed by atoms with Gasteiger partial charge in [0.1, 0.15) is 5.82 Å².